The highest BCUT2D eigenvalue weighted by molar-refractivity contribution is 6.32. The minimum Gasteiger partial charge on any atom is -0.311 e. The number of nitrogens with zero attached hydrogens (tertiary/aromatic N) is 2. The van der Waals surface area contributed by atoms with Crippen molar-refractivity contribution in [3.63, 3.8) is 0 Å². The molecule has 14 heavy (non-hydrogen) atoms. The molecule has 2 rings (SSSR count). The van der Waals surface area contributed by atoms with Gasteiger partial charge in [-0.2, -0.15) is 0 Å². The summed E-state index contributed by atoms with van der Waals surface area (Å²) in [4.78, 5) is 8.06. The Morgan fingerprint density at radius 2 is 2.00 bits per heavy atom. The van der Waals surface area contributed by atoms with Crippen LogP contribution in [0.4, 0.5) is 0 Å². The van der Waals surface area contributed by atoms with Crippen LogP contribution in [-0.2, 0) is 13.0 Å². The largest absolute Gasteiger partial charge is 0.311 e. The molecule has 0 unspecified atom stereocenters. The molecule has 0 saturated carbocycles. The van der Waals surface area contributed by atoms with E-state index in [2.05, 4.69) is 15.3 Å². The second kappa shape index (κ2) is 5.12. The minimum absolute atomic E-state index is 0. The first-order valence-corrected chi connectivity index (χ1v) is 4.94. The highest BCUT2D eigenvalue weighted by Crippen LogP contribution is 2.21. The summed E-state index contributed by atoms with van der Waals surface area (Å²) in [6, 6.07) is 0. The molecule has 0 saturated heterocycles. The van der Waals surface area contributed by atoms with Crippen LogP contribution in [0.1, 0.15) is 17.7 Å². The summed E-state index contributed by atoms with van der Waals surface area (Å²) in [7, 11) is 0. The number of hydrogen-bond donors (Lipinski definition) is 1. The molecule has 78 valence electrons. The molecule has 0 bridgehead atoms. The van der Waals surface area contributed by atoms with Gasteiger partial charge in [-0.25, -0.2) is 9.97 Å². The van der Waals surface area contributed by atoms with Crippen LogP contribution < -0.4 is 5.32 Å². The molecule has 0 fully saturated rings. The fraction of sp³-hybridized carbons (Fsp3) is 0.500. The van der Waals surface area contributed by atoms with Crippen molar-refractivity contribution < 1.29 is 0 Å². The molecule has 2 heterocycles. The zero-order chi connectivity index (χ0) is 9.26. The van der Waals surface area contributed by atoms with Crippen molar-refractivity contribution in [3.05, 3.63) is 21.7 Å². The standard InChI is InChI=1S/C8H9Cl2N3.ClH/c9-7-5-2-1-3-11-4-6(5)12-8(10)13-7;/h11H,1-4H2;1H. The molecular weight excluding hydrogens is 244 g/mol. The molecule has 1 N–H and O–H groups in total. The average molecular weight is 255 g/mol. The summed E-state index contributed by atoms with van der Waals surface area (Å²) in [6.07, 6.45) is 2.00. The third-order valence-electron chi connectivity index (χ3n) is 2.09. The van der Waals surface area contributed by atoms with Crippen molar-refractivity contribution in [1.82, 2.24) is 15.3 Å². The van der Waals surface area contributed by atoms with Crippen molar-refractivity contribution in [3.8, 4) is 0 Å². The SMILES string of the molecule is Cl.Clc1nc(Cl)c2c(n1)CNCCC2. The van der Waals surface area contributed by atoms with E-state index in [1.54, 1.807) is 0 Å². The first kappa shape index (κ1) is 12.0. The second-order valence-electron chi connectivity index (χ2n) is 2.99. The van der Waals surface area contributed by atoms with Crippen LogP contribution in [0, 0.1) is 0 Å². The molecule has 1 aliphatic rings. The predicted octanol–water partition coefficient (Wildman–Crippen LogP) is 2.24. The monoisotopic (exact) mass is 253 g/mol. The fourth-order valence-corrected chi connectivity index (χ4v) is 1.98. The van der Waals surface area contributed by atoms with E-state index in [1.165, 1.54) is 0 Å². The summed E-state index contributed by atoms with van der Waals surface area (Å²) >= 11 is 11.7. The van der Waals surface area contributed by atoms with E-state index in [4.69, 9.17) is 23.2 Å². The van der Waals surface area contributed by atoms with Crippen molar-refractivity contribution in [2.24, 2.45) is 0 Å². The third-order valence-corrected chi connectivity index (χ3v) is 2.57. The van der Waals surface area contributed by atoms with Crippen LogP contribution in [0.25, 0.3) is 0 Å². The molecule has 0 aliphatic carbocycles. The number of hydrogen-bond acceptors (Lipinski definition) is 3. The summed E-state index contributed by atoms with van der Waals surface area (Å²) < 4.78 is 0. The Hall–Kier alpha value is -0.0900. The lowest BCUT2D eigenvalue weighted by Gasteiger charge is -2.05. The van der Waals surface area contributed by atoms with Gasteiger partial charge in [-0.1, -0.05) is 11.6 Å². The molecule has 0 radical (unpaired) electrons. The first-order chi connectivity index (χ1) is 6.27. The summed E-state index contributed by atoms with van der Waals surface area (Å²) in [6.45, 7) is 1.72. The normalized spacial score (nSPS) is 15.3. The van der Waals surface area contributed by atoms with Gasteiger partial charge >= 0.3 is 0 Å². The maximum absolute atomic E-state index is 5.96. The van der Waals surface area contributed by atoms with Gasteiger partial charge in [0.25, 0.3) is 0 Å². The van der Waals surface area contributed by atoms with Gasteiger partial charge in [-0.15, -0.1) is 12.4 Å². The molecule has 0 aromatic carbocycles. The third kappa shape index (κ3) is 2.48. The molecule has 1 aromatic rings. The fourth-order valence-electron chi connectivity index (χ4n) is 1.46. The summed E-state index contributed by atoms with van der Waals surface area (Å²) in [5.74, 6) is 0. The van der Waals surface area contributed by atoms with Gasteiger partial charge in [0.15, 0.2) is 0 Å². The van der Waals surface area contributed by atoms with E-state index in [9.17, 15) is 0 Å². The van der Waals surface area contributed by atoms with E-state index in [-0.39, 0.29) is 17.7 Å². The number of nitrogens with one attached hydrogen (secondary N) is 1. The molecule has 1 aromatic heterocycles. The molecule has 6 heteroatoms. The van der Waals surface area contributed by atoms with Crippen LogP contribution in [0.15, 0.2) is 0 Å². The molecule has 3 nitrogen and oxygen atoms in total. The second-order valence-corrected chi connectivity index (χ2v) is 3.69. The van der Waals surface area contributed by atoms with Crippen molar-refractivity contribution in [2.45, 2.75) is 19.4 Å². The van der Waals surface area contributed by atoms with Gasteiger partial charge in [0, 0.05) is 12.1 Å². The molecule has 0 spiro atoms. The Kier molecular flexibility index (Phi) is 4.38. The number of fused-ring (bicyclic) bond motifs is 1. The summed E-state index contributed by atoms with van der Waals surface area (Å²) in [5.41, 5.74) is 1.97. The van der Waals surface area contributed by atoms with Crippen LogP contribution in [0.2, 0.25) is 10.4 Å². The Morgan fingerprint density at radius 1 is 1.21 bits per heavy atom. The quantitative estimate of drug-likeness (QED) is 0.570. The summed E-state index contributed by atoms with van der Waals surface area (Å²) in [5, 5.41) is 3.98. The maximum atomic E-state index is 5.96. The average Bonchev–Trinajstić information content (AvgIpc) is 2.28. The predicted molar refractivity (Wildman–Crippen MR) is 59.3 cm³/mol. The van der Waals surface area contributed by atoms with Gasteiger partial charge in [0.2, 0.25) is 5.28 Å². The Balaban J connectivity index is 0.000000980. The van der Waals surface area contributed by atoms with E-state index >= 15 is 0 Å². The van der Waals surface area contributed by atoms with E-state index < -0.39 is 0 Å². The topological polar surface area (TPSA) is 37.8 Å². The number of halogens is 3. The lowest BCUT2D eigenvalue weighted by molar-refractivity contribution is 0.674. The van der Waals surface area contributed by atoms with Gasteiger partial charge in [0.1, 0.15) is 5.15 Å². The smallest absolute Gasteiger partial charge is 0.224 e. The molecule has 0 amide bonds. The number of rotatable bonds is 0. The van der Waals surface area contributed by atoms with Crippen LogP contribution in [0.5, 0.6) is 0 Å². The Labute approximate surface area is 98.6 Å². The van der Waals surface area contributed by atoms with Crippen LogP contribution >= 0.6 is 35.6 Å². The lowest BCUT2D eigenvalue weighted by Crippen LogP contribution is -2.13. The van der Waals surface area contributed by atoms with Crippen molar-refractivity contribution in [1.29, 1.82) is 0 Å². The van der Waals surface area contributed by atoms with E-state index in [0.717, 1.165) is 37.2 Å². The van der Waals surface area contributed by atoms with E-state index in [0.29, 0.717) is 5.15 Å². The maximum Gasteiger partial charge on any atom is 0.224 e. The van der Waals surface area contributed by atoms with E-state index in [1.807, 2.05) is 0 Å². The first-order valence-electron chi connectivity index (χ1n) is 4.19. The Bertz CT molecular complexity index is 330. The zero-order valence-corrected chi connectivity index (χ0v) is 9.72. The molecule has 0 atom stereocenters. The Morgan fingerprint density at radius 3 is 2.79 bits per heavy atom. The highest BCUT2D eigenvalue weighted by atomic mass is 35.5. The number of aromatic nitrogens is 2. The van der Waals surface area contributed by atoms with Gasteiger partial charge in [0.05, 0.1) is 5.69 Å². The minimum atomic E-state index is 0. The zero-order valence-electron chi connectivity index (χ0n) is 7.39. The molecule has 1 aliphatic heterocycles. The van der Waals surface area contributed by atoms with Gasteiger partial charge < -0.3 is 5.32 Å². The van der Waals surface area contributed by atoms with Gasteiger partial charge in [-0.05, 0) is 31.0 Å². The lowest BCUT2D eigenvalue weighted by atomic mass is 10.1. The molecular formula is C8H10Cl3N3. The van der Waals surface area contributed by atoms with Gasteiger partial charge in [-0.3, -0.25) is 0 Å². The van der Waals surface area contributed by atoms with Crippen LogP contribution in [-0.4, -0.2) is 16.5 Å². The highest BCUT2D eigenvalue weighted by Gasteiger charge is 2.14. The van der Waals surface area contributed by atoms with Crippen LogP contribution in [0.3, 0.4) is 0 Å². The van der Waals surface area contributed by atoms with Crippen molar-refractivity contribution >= 4 is 35.6 Å². The van der Waals surface area contributed by atoms with Crippen molar-refractivity contribution in [2.75, 3.05) is 6.54 Å².